The number of thioether (sulfide) groups is 1. The van der Waals surface area contributed by atoms with E-state index in [0.29, 0.717) is 6.54 Å². The number of rotatable bonds is 6. The number of aromatic nitrogens is 6. The molecule has 3 aromatic heterocycles. The van der Waals surface area contributed by atoms with Crippen LogP contribution in [-0.2, 0) is 6.54 Å². The van der Waals surface area contributed by atoms with Gasteiger partial charge in [0.25, 0.3) is 0 Å². The van der Waals surface area contributed by atoms with E-state index in [1.54, 1.807) is 22.7 Å². The fourth-order valence-corrected chi connectivity index (χ4v) is 4.30. The molecule has 5 rings (SSSR count). The van der Waals surface area contributed by atoms with Gasteiger partial charge in [0.1, 0.15) is 11.4 Å². The number of para-hydroxylation sites is 3. The molecule has 5 aromatic rings. The minimum Gasteiger partial charge on any atom is -0.306 e. The van der Waals surface area contributed by atoms with Crippen molar-refractivity contribution < 1.29 is 0 Å². The monoisotopic (exact) mass is 402 g/mol. The quantitative estimate of drug-likeness (QED) is 0.266. The van der Waals surface area contributed by atoms with Crippen LogP contribution >= 0.6 is 11.8 Å². The van der Waals surface area contributed by atoms with Crippen molar-refractivity contribution in [3.8, 4) is 5.69 Å². The van der Waals surface area contributed by atoms with Crippen LogP contribution in [-0.4, -0.2) is 35.1 Å². The first-order valence-corrected chi connectivity index (χ1v) is 10.3. The molecular formula is C21H18N6OS. The lowest BCUT2D eigenvalue weighted by Gasteiger charge is -2.05. The third-order valence-electron chi connectivity index (χ3n) is 4.78. The van der Waals surface area contributed by atoms with E-state index in [0.717, 1.165) is 45.0 Å². The summed E-state index contributed by atoms with van der Waals surface area (Å²) in [5, 5.41) is 6.33. The van der Waals surface area contributed by atoms with Crippen LogP contribution in [0.3, 0.4) is 0 Å². The topological polar surface area (TPSA) is 81.4 Å². The van der Waals surface area contributed by atoms with E-state index in [2.05, 4.69) is 20.1 Å². The second kappa shape index (κ2) is 7.56. The summed E-state index contributed by atoms with van der Waals surface area (Å²) in [6, 6.07) is 17.7. The zero-order valence-corrected chi connectivity index (χ0v) is 16.3. The zero-order chi connectivity index (χ0) is 19.6. The summed E-state index contributed by atoms with van der Waals surface area (Å²) in [5.41, 5.74) is 3.51. The molecule has 0 saturated carbocycles. The summed E-state index contributed by atoms with van der Waals surface area (Å²) >= 11 is 1.66. The molecule has 2 aromatic carbocycles. The molecule has 29 heavy (non-hydrogen) atoms. The highest BCUT2D eigenvalue weighted by molar-refractivity contribution is 7.99. The maximum Gasteiger partial charge on any atom is 0.326 e. The third kappa shape index (κ3) is 3.31. The van der Waals surface area contributed by atoms with Gasteiger partial charge >= 0.3 is 5.69 Å². The van der Waals surface area contributed by atoms with Gasteiger partial charge in [-0.15, -0.1) is 11.8 Å². The second-order valence-electron chi connectivity index (χ2n) is 6.61. The Kier molecular flexibility index (Phi) is 4.61. The molecule has 0 amide bonds. The summed E-state index contributed by atoms with van der Waals surface area (Å²) in [6.07, 6.45) is 4.25. The number of nitrogens with one attached hydrogen (secondary N) is 1. The molecule has 0 aliphatic heterocycles. The Morgan fingerprint density at radius 1 is 1.00 bits per heavy atom. The number of H-pyrrole nitrogens is 1. The van der Waals surface area contributed by atoms with Gasteiger partial charge in [-0.3, -0.25) is 4.57 Å². The molecule has 144 valence electrons. The Balaban J connectivity index is 1.32. The fourth-order valence-electron chi connectivity index (χ4n) is 3.42. The summed E-state index contributed by atoms with van der Waals surface area (Å²) in [4.78, 5) is 23.9. The van der Waals surface area contributed by atoms with E-state index in [9.17, 15) is 4.79 Å². The van der Waals surface area contributed by atoms with Crippen LogP contribution in [0.5, 0.6) is 0 Å². The van der Waals surface area contributed by atoms with E-state index < -0.39 is 0 Å². The van der Waals surface area contributed by atoms with Crippen molar-refractivity contribution in [1.29, 1.82) is 0 Å². The van der Waals surface area contributed by atoms with Crippen molar-refractivity contribution in [1.82, 2.24) is 29.3 Å². The van der Waals surface area contributed by atoms with Gasteiger partial charge in [0.2, 0.25) is 0 Å². The smallest absolute Gasteiger partial charge is 0.306 e. The maximum absolute atomic E-state index is 12.2. The molecular weight excluding hydrogens is 384 g/mol. The van der Waals surface area contributed by atoms with Crippen LogP contribution in [0, 0.1) is 0 Å². The Morgan fingerprint density at radius 2 is 1.83 bits per heavy atom. The second-order valence-corrected chi connectivity index (χ2v) is 7.69. The lowest BCUT2D eigenvalue weighted by molar-refractivity contribution is 0.679. The van der Waals surface area contributed by atoms with Crippen LogP contribution in [0.15, 0.2) is 76.9 Å². The highest BCUT2D eigenvalue weighted by Gasteiger charge is 2.12. The molecule has 0 unspecified atom stereocenters. The number of hydrogen-bond donors (Lipinski definition) is 1. The Hall–Kier alpha value is -3.39. The molecule has 7 nitrogen and oxygen atoms in total. The maximum atomic E-state index is 12.2. The average Bonchev–Trinajstić information content (AvgIpc) is 3.33. The minimum atomic E-state index is -0.0650. The number of aryl methyl sites for hydroxylation is 1. The van der Waals surface area contributed by atoms with Gasteiger partial charge < -0.3 is 4.98 Å². The molecule has 0 saturated heterocycles. The molecule has 0 aliphatic rings. The van der Waals surface area contributed by atoms with Gasteiger partial charge in [0.05, 0.1) is 28.3 Å². The number of benzene rings is 2. The molecule has 8 heteroatoms. The van der Waals surface area contributed by atoms with Crippen LogP contribution in [0.4, 0.5) is 0 Å². The molecule has 0 fully saturated rings. The van der Waals surface area contributed by atoms with Crippen molar-refractivity contribution in [3.05, 3.63) is 77.6 Å². The predicted octanol–water partition coefficient (Wildman–Crippen LogP) is 3.64. The number of fused-ring (bicyclic) bond motifs is 2. The number of imidazole rings is 1. The average molecular weight is 402 g/mol. The van der Waals surface area contributed by atoms with Crippen molar-refractivity contribution in [2.24, 2.45) is 0 Å². The number of nitrogens with zero attached hydrogens (tertiary/aromatic N) is 5. The van der Waals surface area contributed by atoms with Gasteiger partial charge in [-0.05, 0) is 30.7 Å². The summed E-state index contributed by atoms with van der Waals surface area (Å²) in [7, 11) is 0. The molecule has 0 radical (unpaired) electrons. The SMILES string of the molecule is O=c1[nH]c2ccccc2n1CCCSc1ncnc2c1cnn2-c1ccccc1. The first-order valence-electron chi connectivity index (χ1n) is 9.36. The van der Waals surface area contributed by atoms with E-state index in [1.807, 2.05) is 65.5 Å². The Labute approximate surface area is 170 Å². The van der Waals surface area contributed by atoms with Gasteiger partial charge in [-0.1, -0.05) is 30.3 Å². The molecule has 0 bridgehead atoms. The van der Waals surface area contributed by atoms with E-state index in [4.69, 9.17) is 0 Å². The largest absolute Gasteiger partial charge is 0.326 e. The van der Waals surface area contributed by atoms with Crippen molar-refractivity contribution in [2.75, 3.05) is 5.75 Å². The third-order valence-corrected chi connectivity index (χ3v) is 5.87. The standard InChI is InChI=1S/C21H18N6OS/c28-21-25-17-9-4-5-10-18(17)26(21)11-6-12-29-20-16-13-24-27(19(16)22-14-23-20)15-7-2-1-3-8-15/h1-5,7-10,13-14H,6,11-12H2,(H,25,28). The van der Waals surface area contributed by atoms with E-state index >= 15 is 0 Å². The van der Waals surface area contributed by atoms with Crippen molar-refractivity contribution in [2.45, 2.75) is 18.0 Å². The first kappa shape index (κ1) is 17.7. The molecule has 3 heterocycles. The number of hydrogen-bond acceptors (Lipinski definition) is 5. The normalized spacial score (nSPS) is 11.4. The van der Waals surface area contributed by atoms with Crippen LogP contribution in [0.1, 0.15) is 6.42 Å². The highest BCUT2D eigenvalue weighted by Crippen LogP contribution is 2.26. The van der Waals surface area contributed by atoms with Crippen LogP contribution < -0.4 is 5.69 Å². The minimum absolute atomic E-state index is 0.0650. The van der Waals surface area contributed by atoms with Gasteiger partial charge in [-0.2, -0.15) is 5.10 Å². The van der Waals surface area contributed by atoms with Crippen LogP contribution in [0.2, 0.25) is 0 Å². The Bertz CT molecular complexity index is 1340. The lowest BCUT2D eigenvalue weighted by Crippen LogP contribution is -2.17. The molecule has 0 atom stereocenters. The number of aromatic amines is 1. The van der Waals surface area contributed by atoms with Gasteiger partial charge in [0.15, 0.2) is 5.65 Å². The fraction of sp³-hybridized carbons (Fsp3) is 0.143. The first-order chi connectivity index (χ1) is 14.3. The summed E-state index contributed by atoms with van der Waals surface area (Å²) in [6.45, 7) is 0.660. The van der Waals surface area contributed by atoms with Crippen molar-refractivity contribution >= 4 is 33.8 Å². The predicted molar refractivity (Wildman–Crippen MR) is 115 cm³/mol. The molecule has 0 spiro atoms. The molecule has 0 aliphatic carbocycles. The van der Waals surface area contributed by atoms with Gasteiger partial charge in [0, 0.05) is 12.3 Å². The van der Waals surface area contributed by atoms with Gasteiger partial charge in [-0.25, -0.2) is 19.4 Å². The van der Waals surface area contributed by atoms with Crippen LogP contribution in [0.25, 0.3) is 27.8 Å². The van der Waals surface area contributed by atoms with Crippen molar-refractivity contribution in [3.63, 3.8) is 0 Å². The highest BCUT2D eigenvalue weighted by atomic mass is 32.2. The zero-order valence-electron chi connectivity index (χ0n) is 15.5. The Morgan fingerprint density at radius 3 is 2.72 bits per heavy atom. The summed E-state index contributed by atoms with van der Waals surface area (Å²) in [5.74, 6) is 0.842. The lowest BCUT2D eigenvalue weighted by atomic mass is 10.3. The summed E-state index contributed by atoms with van der Waals surface area (Å²) < 4.78 is 3.62. The van der Waals surface area contributed by atoms with E-state index in [1.165, 1.54) is 0 Å². The molecule has 1 N–H and O–H groups in total. The van der Waals surface area contributed by atoms with E-state index in [-0.39, 0.29) is 5.69 Å².